The first-order chi connectivity index (χ1) is 15.9. The zero-order valence-corrected chi connectivity index (χ0v) is 18.4. The molecular formula is C25H24FN3O4. The topological polar surface area (TPSA) is 87.8 Å². The van der Waals surface area contributed by atoms with E-state index in [1.165, 1.54) is 18.2 Å². The van der Waals surface area contributed by atoms with Crippen LogP contribution in [0, 0.1) is 19.7 Å². The first-order valence-electron chi connectivity index (χ1n) is 10.8. The Morgan fingerprint density at radius 2 is 1.97 bits per heavy atom. The fourth-order valence-corrected chi connectivity index (χ4v) is 4.39. The number of ether oxygens (including phenoxy) is 1. The number of carbonyl (C=O) groups excluding carboxylic acids is 1. The summed E-state index contributed by atoms with van der Waals surface area (Å²) < 4.78 is 25.5. The molecule has 5 rings (SSSR count). The number of morpholine rings is 1. The molecule has 8 heteroatoms. The van der Waals surface area contributed by atoms with E-state index in [2.05, 4.69) is 10.5 Å². The number of halogens is 1. The molecular weight excluding hydrogens is 425 g/mol. The Morgan fingerprint density at radius 1 is 1.18 bits per heavy atom. The van der Waals surface area contributed by atoms with Crippen molar-refractivity contribution in [3.63, 3.8) is 0 Å². The molecule has 7 nitrogen and oxygen atoms in total. The number of amides is 1. The molecule has 1 amide bonds. The summed E-state index contributed by atoms with van der Waals surface area (Å²) in [6, 6.07) is 9.98. The molecule has 33 heavy (non-hydrogen) atoms. The Labute approximate surface area is 190 Å². The minimum atomic E-state index is -1.12. The number of aryl methyl sites for hydroxylation is 2. The SMILES string of the molecule is Cc1noc(C)c1-c1ccc2c(c1)C=C(c1cc(C(=O)N3CCOCC3)ccc1F)C(O)N2. The van der Waals surface area contributed by atoms with E-state index in [9.17, 15) is 14.3 Å². The van der Waals surface area contributed by atoms with E-state index in [-0.39, 0.29) is 11.5 Å². The number of aliphatic hydroxyl groups excluding tert-OH is 1. The first-order valence-corrected chi connectivity index (χ1v) is 10.8. The third kappa shape index (κ3) is 3.92. The van der Waals surface area contributed by atoms with Gasteiger partial charge in [0, 0.05) is 41.0 Å². The summed E-state index contributed by atoms with van der Waals surface area (Å²) in [5, 5.41) is 17.8. The molecule has 0 saturated carbocycles. The molecule has 2 N–H and O–H groups in total. The Balaban J connectivity index is 1.54. The molecule has 0 radical (unpaired) electrons. The fraction of sp³-hybridized carbons (Fsp3) is 0.280. The monoisotopic (exact) mass is 449 g/mol. The molecule has 1 atom stereocenters. The third-order valence-electron chi connectivity index (χ3n) is 6.09. The summed E-state index contributed by atoms with van der Waals surface area (Å²) in [7, 11) is 0. The number of rotatable bonds is 3. The highest BCUT2D eigenvalue weighted by Gasteiger charge is 2.25. The summed E-state index contributed by atoms with van der Waals surface area (Å²) in [6.07, 6.45) is 0.630. The smallest absolute Gasteiger partial charge is 0.254 e. The summed E-state index contributed by atoms with van der Waals surface area (Å²) in [6.45, 7) is 5.69. The lowest BCUT2D eigenvalue weighted by Gasteiger charge is -2.28. The van der Waals surface area contributed by atoms with Gasteiger partial charge in [0.1, 0.15) is 11.6 Å². The molecule has 0 aliphatic carbocycles. The fourth-order valence-electron chi connectivity index (χ4n) is 4.39. The minimum absolute atomic E-state index is 0.181. The number of hydrogen-bond donors (Lipinski definition) is 2. The summed E-state index contributed by atoms with van der Waals surface area (Å²) in [5.41, 5.74) is 5.02. The molecule has 1 saturated heterocycles. The van der Waals surface area contributed by atoms with Gasteiger partial charge in [0.25, 0.3) is 5.91 Å². The van der Waals surface area contributed by atoms with E-state index >= 15 is 0 Å². The number of fused-ring (bicyclic) bond motifs is 1. The molecule has 1 aromatic heterocycles. The van der Waals surface area contributed by atoms with Crippen LogP contribution in [0.25, 0.3) is 22.8 Å². The molecule has 3 heterocycles. The van der Waals surface area contributed by atoms with Gasteiger partial charge in [0.2, 0.25) is 0 Å². The number of aliphatic hydroxyl groups is 1. The van der Waals surface area contributed by atoms with Crippen molar-refractivity contribution >= 4 is 23.2 Å². The van der Waals surface area contributed by atoms with Crippen LogP contribution in [0.3, 0.4) is 0 Å². The van der Waals surface area contributed by atoms with Gasteiger partial charge in [-0.1, -0.05) is 11.2 Å². The van der Waals surface area contributed by atoms with Gasteiger partial charge in [-0.15, -0.1) is 0 Å². The minimum Gasteiger partial charge on any atom is -0.378 e. The average molecular weight is 449 g/mol. The van der Waals surface area contributed by atoms with Crippen molar-refractivity contribution in [3.05, 3.63) is 70.4 Å². The molecule has 1 unspecified atom stereocenters. The highest BCUT2D eigenvalue weighted by atomic mass is 19.1. The molecule has 1 fully saturated rings. The van der Waals surface area contributed by atoms with E-state index in [0.717, 1.165) is 28.1 Å². The van der Waals surface area contributed by atoms with Gasteiger partial charge in [0.15, 0.2) is 6.23 Å². The lowest BCUT2D eigenvalue weighted by molar-refractivity contribution is 0.0303. The van der Waals surface area contributed by atoms with Crippen molar-refractivity contribution in [3.8, 4) is 11.1 Å². The number of benzene rings is 2. The molecule has 3 aromatic rings. The zero-order chi connectivity index (χ0) is 23.1. The first kappa shape index (κ1) is 21.4. The number of anilines is 1. The second kappa shape index (κ2) is 8.46. The maximum absolute atomic E-state index is 14.9. The quantitative estimate of drug-likeness (QED) is 0.632. The molecule has 0 bridgehead atoms. The predicted molar refractivity (Wildman–Crippen MR) is 122 cm³/mol. The van der Waals surface area contributed by atoms with Crippen LogP contribution in [0.4, 0.5) is 10.1 Å². The Kier molecular flexibility index (Phi) is 5.47. The number of carbonyl (C=O) groups is 1. The highest BCUT2D eigenvalue weighted by molar-refractivity contribution is 5.98. The molecule has 0 spiro atoms. The molecule has 2 aliphatic heterocycles. The van der Waals surface area contributed by atoms with Crippen molar-refractivity contribution in [2.75, 3.05) is 31.6 Å². The van der Waals surface area contributed by atoms with Crippen molar-refractivity contribution in [2.45, 2.75) is 20.1 Å². The number of hydrogen-bond acceptors (Lipinski definition) is 6. The van der Waals surface area contributed by atoms with Crippen molar-refractivity contribution < 1.29 is 23.6 Å². The van der Waals surface area contributed by atoms with Gasteiger partial charge in [-0.3, -0.25) is 4.79 Å². The number of nitrogens with zero attached hydrogens (tertiary/aromatic N) is 2. The zero-order valence-electron chi connectivity index (χ0n) is 18.4. The lowest BCUT2D eigenvalue weighted by atomic mass is 9.93. The van der Waals surface area contributed by atoms with E-state index in [1.54, 1.807) is 11.0 Å². The van der Waals surface area contributed by atoms with E-state index in [4.69, 9.17) is 9.26 Å². The van der Waals surface area contributed by atoms with Gasteiger partial charge < -0.3 is 24.6 Å². The Morgan fingerprint density at radius 3 is 2.70 bits per heavy atom. The van der Waals surface area contributed by atoms with Crippen LogP contribution in [0.5, 0.6) is 0 Å². The van der Waals surface area contributed by atoms with Gasteiger partial charge in [-0.25, -0.2) is 4.39 Å². The lowest BCUT2D eigenvalue weighted by Crippen LogP contribution is -2.40. The maximum Gasteiger partial charge on any atom is 0.254 e. The van der Waals surface area contributed by atoms with Crippen molar-refractivity contribution in [1.82, 2.24) is 10.1 Å². The highest BCUT2D eigenvalue weighted by Crippen LogP contribution is 2.37. The van der Waals surface area contributed by atoms with Gasteiger partial charge >= 0.3 is 0 Å². The molecule has 2 aliphatic rings. The second-order valence-electron chi connectivity index (χ2n) is 8.25. The van der Waals surface area contributed by atoms with Gasteiger partial charge in [0.05, 0.1) is 18.9 Å². The molecule has 170 valence electrons. The van der Waals surface area contributed by atoms with Crippen LogP contribution in [0.1, 0.15) is 32.9 Å². The number of nitrogens with one attached hydrogen (secondary N) is 1. The largest absolute Gasteiger partial charge is 0.378 e. The summed E-state index contributed by atoms with van der Waals surface area (Å²) >= 11 is 0. The number of aromatic nitrogens is 1. The third-order valence-corrected chi connectivity index (χ3v) is 6.09. The van der Waals surface area contributed by atoms with Crippen LogP contribution < -0.4 is 5.32 Å². The summed E-state index contributed by atoms with van der Waals surface area (Å²) in [5.74, 6) is 0.0197. The van der Waals surface area contributed by atoms with Gasteiger partial charge in [-0.2, -0.15) is 0 Å². The normalized spacial score (nSPS) is 17.9. The van der Waals surface area contributed by atoms with Crippen LogP contribution in [-0.2, 0) is 4.74 Å². The standard InChI is InChI=1S/C25H24FN3O4/c1-14-23(15(2)33-28-14)16-4-6-22-18(11-16)13-20(24(30)27-22)19-12-17(3-5-21(19)26)25(31)29-7-9-32-10-8-29/h3-6,11-13,24,27,30H,7-10H2,1-2H3. The van der Waals surface area contributed by atoms with Crippen molar-refractivity contribution in [1.29, 1.82) is 0 Å². The maximum atomic E-state index is 14.9. The van der Waals surface area contributed by atoms with Gasteiger partial charge in [-0.05, 0) is 61.4 Å². The van der Waals surface area contributed by atoms with Crippen molar-refractivity contribution in [2.24, 2.45) is 0 Å². The van der Waals surface area contributed by atoms with E-state index < -0.39 is 12.0 Å². The Hall–Kier alpha value is -3.49. The second-order valence-corrected chi connectivity index (χ2v) is 8.25. The molecule has 2 aromatic carbocycles. The average Bonchev–Trinajstić information content (AvgIpc) is 3.17. The van der Waals surface area contributed by atoms with Crippen LogP contribution in [-0.4, -0.2) is 53.6 Å². The van der Waals surface area contributed by atoms with Crippen LogP contribution in [0.2, 0.25) is 0 Å². The van der Waals surface area contributed by atoms with E-state index in [0.29, 0.717) is 43.2 Å². The van der Waals surface area contributed by atoms with E-state index in [1.807, 2.05) is 32.0 Å². The summed E-state index contributed by atoms with van der Waals surface area (Å²) in [4.78, 5) is 14.6. The Bertz CT molecular complexity index is 1240. The van der Waals surface area contributed by atoms with Crippen LogP contribution >= 0.6 is 0 Å². The predicted octanol–water partition coefficient (Wildman–Crippen LogP) is 3.85. The van der Waals surface area contributed by atoms with Crippen LogP contribution in [0.15, 0.2) is 40.9 Å².